The Kier molecular flexibility index (Phi) is 8.13. The predicted molar refractivity (Wildman–Crippen MR) is 159 cm³/mol. The Morgan fingerprint density at radius 2 is 1.86 bits per heavy atom. The van der Waals surface area contributed by atoms with Crippen LogP contribution in [0.5, 0.6) is 0 Å². The Balaban J connectivity index is 1.42. The molecule has 0 aromatic heterocycles. The molecule has 2 saturated heterocycles. The number of carbonyl (C=O) groups excluding carboxylic acids is 3. The van der Waals surface area contributed by atoms with E-state index in [1.54, 1.807) is 31.3 Å². The Labute approximate surface area is 262 Å². The lowest BCUT2D eigenvalue weighted by Crippen LogP contribution is -2.70. The first-order valence-corrected chi connectivity index (χ1v) is 15.4. The highest BCUT2D eigenvalue weighted by molar-refractivity contribution is 6.31. The molecule has 236 valence electrons. The van der Waals surface area contributed by atoms with E-state index in [0.29, 0.717) is 29.1 Å². The number of ether oxygens (including phenoxy) is 1. The molecule has 3 heterocycles. The lowest BCUT2D eigenvalue weighted by atomic mass is 9.46. The van der Waals surface area contributed by atoms with Gasteiger partial charge in [0.15, 0.2) is 0 Å². The van der Waals surface area contributed by atoms with E-state index in [9.17, 15) is 23.2 Å². The Hall–Kier alpha value is -2.86. The molecular formula is C31H33Cl2F3N4O4. The van der Waals surface area contributed by atoms with Crippen molar-refractivity contribution in [3.63, 3.8) is 0 Å². The lowest BCUT2D eigenvalue weighted by Gasteiger charge is -2.59. The average Bonchev–Trinajstić information content (AvgIpc) is 3.46. The van der Waals surface area contributed by atoms with E-state index in [0.717, 1.165) is 0 Å². The van der Waals surface area contributed by atoms with E-state index in [4.69, 9.17) is 27.9 Å². The van der Waals surface area contributed by atoms with Crippen molar-refractivity contribution in [3.05, 3.63) is 63.4 Å². The van der Waals surface area contributed by atoms with Crippen molar-refractivity contribution in [1.29, 1.82) is 0 Å². The van der Waals surface area contributed by atoms with Gasteiger partial charge in [-0.1, -0.05) is 41.4 Å². The van der Waals surface area contributed by atoms with Crippen LogP contribution >= 0.6 is 23.2 Å². The lowest BCUT2D eigenvalue weighted by molar-refractivity contribution is -0.131. The fraction of sp³-hybridized carbons (Fsp3) is 0.516. The van der Waals surface area contributed by atoms with Gasteiger partial charge in [0.1, 0.15) is 11.2 Å². The van der Waals surface area contributed by atoms with E-state index in [2.05, 4.69) is 21.3 Å². The third-order valence-corrected chi connectivity index (χ3v) is 10.5. The number of amides is 3. The molecule has 3 fully saturated rings. The Morgan fingerprint density at radius 1 is 1.11 bits per heavy atom. The minimum atomic E-state index is -1.63. The molecule has 44 heavy (non-hydrogen) atoms. The molecule has 2 spiro atoms. The summed E-state index contributed by atoms with van der Waals surface area (Å²) in [6.45, 7) is -1.76. The number of anilines is 1. The van der Waals surface area contributed by atoms with E-state index in [1.165, 1.54) is 12.1 Å². The van der Waals surface area contributed by atoms with Gasteiger partial charge in [-0.05, 0) is 55.0 Å². The summed E-state index contributed by atoms with van der Waals surface area (Å²) >= 11 is 12.5. The number of benzene rings is 2. The van der Waals surface area contributed by atoms with Gasteiger partial charge in [-0.15, -0.1) is 0 Å². The third kappa shape index (κ3) is 4.69. The average molecular weight is 654 g/mol. The maximum absolute atomic E-state index is 16.0. The summed E-state index contributed by atoms with van der Waals surface area (Å²) < 4.78 is 50.4. The summed E-state index contributed by atoms with van der Waals surface area (Å²) in [5, 5.41) is 11.9. The van der Waals surface area contributed by atoms with Gasteiger partial charge in [0.25, 0.3) is 0 Å². The second-order valence-electron chi connectivity index (χ2n) is 12.5. The zero-order chi connectivity index (χ0) is 31.4. The van der Waals surface area contributed by atoms with Crippen LogP contribution in [0.4, 0.5) is 18.9 Å². The van der Waals surface area contributed by atoms with Gasteiger partial charge in [0.2, 0.25) is 17.7 Å². The second-order valence-corrected chi connectivity index (χ2v) is 13.4. The maximum atomic E-state index is 16.0. The molecule has 2 aromatic carbocycles. The summed E-state index contributed by atoms with van der Waals surface area (Å²) in [4.78, 5) is 40.3. The molecule has 8 nitrogen and oxygen atoms in total. The van der Waals surface area contributed by atoms with Gasteiger partial charge in [0.05, 0.1) is 49.6 Å². The number of fused-ring (bicyclic) bond motifs is 3. The van der Waals surface area contributed by atoms with Crippen LogP contribution in [-0.2, 0) is 24.5 Å². The molecular weight excluding hydrogens is 620 g/mol. The first kappa shape index (κ1) is 31.1. The van der Waals surface area contributed by atoms with Crippen molar-refractivity contribution in [2.75, 3.05) is 32.3 Å². The van der Waals surface area contributed by atoms with Gasteiger partial charge in [-0.25, -0.2) is 4.39 Å². The predicted octanol–water partition coefficient (Wildman–Crippen LogP) is 4.34. The highest BCUT2D eigenvalue weighted by atomic mass is 35.5. The van der Waals surface area contributed by atoms with Crippen molar-refractivity contribution < 1.29 is 32.3 Å². The molecule has 13 heteroatoms. The quantitative estimate of drug-likeness (QED) is 0.356. The first-order valence-electron chi connectivity index (χ1n) is 14.6. The van der Waals surface area contributed by atoms with E-state index in [-0.39, 0.29) is 48.5 Å². The normalized spacial score (nSPS) is 29.6. The monoisotopic (exact) mass is 652 g/mol. The molecule has 4 N–H and O–H groups in total. The molecule has 5 atom stereocenters. The maximum Gasteiger partial charge on any atom is 0.238 e. The van der Waals surface area contributed by atoms with E-state index < -0.39 is 65.4 Å². The SMILES string of the molecule is CNC(=O)C[C@@H]1CC[C@@H](NC(=O)[C@@H]2NC3(CC(CF)(CF)C3)[C@@]3(C(=O)Nc4cc(Cl)ccc43)[C@H]2c2cccc(Cl)c2F)CO1. The highest BCUT2D eigenvalue weighted by Gasteiger charge is 2.78. The van der Waals surface area contributed by atoms with E-state index in [1.807, 2.05) is 0 Å². The molecule has 0 radical (unpaired) electrons. The van der Waals surface area contributed by atoms with Crippen molar-refractivity contribution in [2.24, 2.45) is 5.41 Å². The van der Waals surface area contributed by atoms with Crippen molar-refractivity contribution in [3.8, 4) is 0 Å². The van der Waals surface area contributed by atoms with Crippen LogP contribution in [0, 0.1) is 11.2 Å². The first-order chi connectivity index (χ1) is 21.0. The molecule has 0 bridgehead atoms. The summed E-state index contributed by atoms with van der Waals surface area (Å²) in [7, 11) is 1.55. The van der Waals surface area contributed by atoms with Gasteiger partial charge >= 0.3 is 0 Å². The summed E-state index contributed by atoms with van der Waals surface area (Å²) in [5.41, 5.74) is -3.40. The van der Waals surface area contributed by atoms with Gasteiger partial charge in [-0.3, -0.25) is 28.5 Å². The minimum absolute atomic E-state index is 0.0310. The second kappa shape index (κ2) is 11.5. The molecule has 3 amide bonds. The molecule has 2 aromatic rings. The number of halogens is 5. The molecule has 6 rings (SSSR count). The van der Waals surface area contributed by atoms with Crippen molar-refractivity contribution in [2.45, 2.75) is 67.2 Å². The van der Waals surface area contributed by atoms with Gasteiger partial charge < -0.3 is 20.7 Å². The fourth-order valence-corrected chi connectivity index (χ4v) is 8.39. The van der Waals surface area contributed by atoms with Crippen LogP contribution in [0.15, 0.2) is 36.4 Å². The van der Waals surface area contributed by atoms with Crippen LogP contribution < -0.4 is 21.3 Å². The number of carbonyl (C=O) groups is 3. The number of nitrogens with one attached hydrogen (secondary N) is 4. The topological polar surface area (TPSA) is 109 Å². The van der Waals surface area contributed by atoms with Crippen molar-refractivity contribution in [1.82, 2.24) is 16.0 Å². The van der Waals surface area contributed by atoms with Crippen LogP contribution in [-0.4, -0.2) is 68.5 Å². The molecule has 3 aliphatic heterocycles. The minimum Gasteiger partial charge on any atom is -0.376 e. The molecule has 1 saturated carbocycles. The summed E-state index contributed by atoms with van der Waals surface area (Å²) in [6.07, 6.45) is 0.773. The number of rotatable bonds is 7. The molecule has 4 aliphatic rings. The molecule has 1 aliphatic carbocycles. The number of alkyl halides is 2. The highest BCUT2D eigenvalue weighted by Crippen LogP contribution is 2.68. The number of hydrogen-bond donors (Lipinski definition) is 4. The standard InChI is InChI=1S/C31H33Cl2F3N4O4/c1-37-23(41)10-18-7-6-17(11-44-18)38-27(42)26-24(19-3-2-4-21(33)25(19)36)31(30(40-26)12-29(13-30,14-34)15-35)20-8-5-16(32)9-22(20)39-28(31)43/h2-5,8-9,17-18,24,26,40H,6-7,10-15H2,1H3,(H,37,41)(H,38,42)(H,39,43)/t17-,18+,24+,26-,31-/m1/s1. The molecule has 0 unspecified atom stereocenters. The van der Waals surface area contributed by atoms with Gasteiger partial charge in [0, 0.05) is 34.6 Å². The Bertz CT molecular complexity index is 1490. The Morgan fingerprint density at radius 3 is 2.52 bits per heavy atom. The third-order valence-electron chi connectivity index (χ3n) is 9.93. The van der Waals surface area contributed by atoms with Gasteiger partial charge in [-0.2, -0.15) is 0 Å². The van der Waals surface area contributed by atoms with Crippen LogP contribution in [0.1, 0.15) is 49.1 Å². The van der Waals surface area contributed by atoms with Crippen LogP contribution in [0.2, 0.25) is 10.0 Å². The summed E-state index contributed by atoms with van der Waals surface area (Å²) in [5.74, 6) is -3.12. The summed E-state index contributed by atoms with van der Waals surface area (Å²) in [6, 6.07) is 7.62. The fourth-order valence-electron chi connectivity index (χ4n) is 8.04. The zero-order valence-electron chi connectivity index (χ0n) is 24.0. The van der Waals surface area contributed by atoms with Crippen LogP contribution in [0.25, 0.3) is 0 Å². The van der Waals surface area contributed by atoms with Crippen molar-refractivity contribution >= 4 is 46.6 Å². The smallest absolute Gasteiger partial charge is 0.238 e. The van der Waals surface area contributed by atoms with Crippen LogP contribution in [0.3, 0.4) is 0 Å². The number of hydrogen-bond acceptors (Lipinski definition) is 5. The van der Waals surface area contributed by atoms with E-state index >= 15 is 4.39 Å². The largest absolute Gasteiger partial charge is 0.376 e. The zero-order valence-corrected chi connectivity index (χ0v) is 25.5.